The fraction of sp³-hybridized carbons (Fsp3) is 0.429. The molecule has 3 heterocycles. The van der Waals surface area contributed by atoms with Crippen LogP contribution in [0.2, 0.25) is 0 Å². The lowest BCUT2D eigenvalue weighted by Crippen LogP contribution is -2.30. The van der Waals surface area contributed by atoms with Crippen molar-refractivity contribution in [1.29, 1.82) is 5.26 Å². The molecular formula is C14H15N5OS. The van der Waals surface area contributed by atoms with Gasteiger partial charge in [0.15, 0.2) is 0 Å². The average molecular weight is 301 g/mol. The molecule has 1 fully saturated rings. The molecule has 0 aliphatic carbocycles. The number of nitriles is 1. The molecule has 108 valence electrons. The highest BCUT2D eigenvalue weighted by atomic mass is 32.1. The normalized spacial score (nSPS) is 17.9. The van der Waals surface area contributed by atoms with E-state index >= 15 is 0 Å². The van der Waals surface area contributed by atoms with Crippen molar-refractivity contribution in [2.24, 2.45) is 0 Å². The Labute approximate surface area is 126 Å². The number of hydrogen-bond acceptors (Lipinski definition) is 5. The van der Waals surface area contributed by atoms with E-state index in [4.69, 9.17) is 5.26 Å². The van der Waals surface area contributed by atoms with Crippen molar-refractivity contribution in [3.63, 3.8) is 0 Å². The summed E-state index contributed by atoms with van der Waals surface area (Å²) in [6, 6.07) is 2.24. The number of aryl methyl sites for hydroxylation is 1. The van der Waals surface area contributed by atoms with E-state index in [-0.39, 0.29) is 11.9 Å². The Balaban J connectivity index is 1.61. The first-order valence-electron chi connectivity index (χ1n) is 6.79. The molecule has 1 unspecified atom stereocenters. The predicted octanol–water partition coefficient (Wildman–Crippen LogP) is 1.54. The van der Waals surface area contributed by atoms with E-state index in [2.05, 4.69) is 16.2 Å². The van der Waals surface area contributed by atoms with Gasteiger partial charge >= 0.3 is 0 Å². The molecule has 1 aliphatic rings. The lowest BCUT2D eigenvalue weighted by molar-refractivity contribution is -0.129. The first kappa shape index (κ1) is 13.8. The second-order valence-electron chi connectivity index (χ2n) is 5.13. The van der Waals surface area contributed by atoms with Crippen LogP contribution in [0.15, 0.2) is 18.6 Å². The second kappa shape index (κ2) is 5.66. The number of rotatable bonds is 3. The molecule has 6 nitrogen and oxygen atoms in total. The lowest BCUT2D eigenvalue weighted by atomic mass is 10.3. The topological polar surface area (TPSA) is 74.8 Å². The Hall–Kier alpha value is -2.20. The highest BCUT2D eigenvalue weighted by Gasteiger charge is 2.28. The van der Waals surface area contributed by atoms with Gasteiger partial charge in [-0.05, 0) is 13.3 Å². The molecule has 3 rings (SSSR count). The van der Waals surface area contributed by atoms with Crippen LogP contribution in [0.5, 0.6) is 0 Å². The molecule has 0 radical (unpaired) electrons. The molecule has 0 spiro atoms. The fourth-order valence-electron chi connectivity index (χ4n) is 2.53. The summed E-state index contributed by atoms with van der Waals surface area (Å²) in [5.74, 6) is 0.133. The molecule has 1 amide bonds. The molecule has 21 heavy (non-hydrogen) atoms. The van der Waals surface area contributed by atoms with E-state index < -0.39 is 0 Å². The molecule has 1 atom stereocenters. The largest absolute Gasteiger partial charge is 0.340 e. The van der Waals surface area contributed by atoms with Gasteiger partial charge in [-0.1, -0.05) is 0 Å². The third kappa shape index (κ3) is 2.95. The highest BCUT2D eigenvalue weighted by Crippen LogP contribution is 2.22. The van der Waals surface area contributed by atoms with Gasteiger partial charge in [-0.2, -0.15) is 10.4 Å². The number of nitrogens with zero attached hydrogens (tertiary/aromatic N) is 5. The molecule has 1 aliphatic heterocycles. The van der Waals surface area contributed by atoms with Crippen molar-refractivity contribution in [1.82, 2.24) is 19.7 Å². The van der Waals surface area contributed by atoms with Crippen LogP contribution in [0, 0.1) is 18.3 Å². The molecule has 1 saturated heterocycles. The third-order valence-corrected chi connectivity index (χ3v) is 4.53. The van der Waals surface area contributed by atoms with E-state index in [0.29, 0.717) is 18.5 Å². The van der Waals surface area contributed by atoms with Gasteiger partial charge in [0.05, 0.1) is 29.2 Å². The molecule has 2 aromatic rings. The lowest BCUT2D eigenvalue weighted by Gasteiger charge is -2.16. The van der Waals surface area contributed by atoms with Crippen LogP contribution in [-0.4, -0.2) is 38.7 Å². The Morgan fingerprint density at radius 1 is 1.57 bits per heavy atom. The van der Waals surface area contributed by atoms with E-state index in [1.165, 1.54) is 0 Å². The van der Waals surface area contributed by atoms with E-state index in [0.717, 1.165) is 22.9 Å². The zero-order chi connectivity index (χ0) is 14.8. The van der Waals surface area contributed by atoms with Gasteiger partial charge in [0, 0.05) is 30.4 Å². The minimum absolute atomic E-state index is 0.133. The van der Waals surface area contributed by atoms with Crippen LogP contribution >= 0.6 is 11.3 Å². The van der Waals surface area contributed by atoms with Crippen LogP contribution in [0.1, 0.15) is 27.9 Å². The van der Waals surface area contributed by atoms with Crippen molar-refractivity contribution in [2.45, 2.75) is 25.8 Å². The highest BCUT2D eigenvalue weighted by molar-refractivity contribution is 7.11. The van der Waals surface area contributed by atoms with Crippen LogP contribution in [-0.2, 0) is 11.2 Å². The van der Waals surface area contributed by atoms with Crippen molar-refractivity contribution in [3.05, 3.63) is 34.0 Å². The zero-order valence-corrected chi connectivity index (χ0v) is 12.5. The Morgan fingerprint density at radius 3 is 3.10 bits per heavy atom. The maximum Gasteiger partial charge on any atom is 0.227 e. The molecule has 0 bridgehead atoms. The Kier molecular flexibility index (Phi) is 3.71. The summed E-state index contributed by atoms with van der Waals surface area (Å²) in [5.41, 5.74) is 0.555. The number of likely N-dealkylation sites (tertiary alicyclic amines) is 1. The summed E-state index contributed by atoms with van der Waals surface area (Å²) in [6.07, 6.45) is 6.37. The number of aromatic nitrogens is 3. The molecule has 0 aromatic carbocycles. The first-order chi connectivity index (χ1) is 10.2. The van der Waals surface area contributed by atoms with Crippen molar-refractivity contribution in [3.8, 4) is 6.07 Å². The maximum absolute atomic E-state index is 12.3. The molecular weight excluding hydrogens is 286 g/mol. The number of amides is 1. The van der Waals surface area contributed by atoms with E-state index in [9.17, 15) is 4.79 Å². The predicted molar refractivity (Wildman–Crippen MR) is 77.7 cm³/mol. The van der Waals surface area contributed by atoms with Gasteiger partial charge in [-0.3, -0.25) is 9.48 Å². The van der Waals surface area contributed by atoms with Crippen LogP contribution in [0.3, 0.4) is 0 Å². The van der Waals surface area contributed by atoms with Crippen LogP contribution in [0.4, 0.5) is 0 Å². The Bertz CT molecular complexity index is 698. The molecule has 0 N–H and O–H groups in total. The second-order valence-corrected chi connectivity index (χ2v) is 6.44. The number of hydrogen-bond donors (Lipinski definition) is 0. The van der Waals surface area contributed by atoms with Crippen LogP contribution < -0.4 is 0 Å². The quantitative estimate of drug-likeness (QED) is 0.861. The third-order valence-electron chi connectivity index (χ3n) is 3.62. The van der Waals surface area contributed by atoms with Gasteiger partial charge in [-0.25, -0.2) is 4.98 Å². The van der Waals surface area contributed by atoms with Gasteiger partial charge in [-0.15, -0.1) is 11.3 Å². The summed E-state index contributed by atoms with van der Waals surface area (Å²) in [7, 11) is 0. The first-order valence-corrected chi connectivity index (χ1v) is 7.60. The van der Waals surface area contributed by atoms with Gasteiger partial charge in [0.25, 0.3) is 0 Å². The van der Waals surface area contributed by atoms with Gasteiger partial charge in [0.1, 0.15) is 6.07 Å². The monoisotopic (exact) mass is 301 g/mol. The van der Waals surface area contributed by atoms with Gasteiger partial charge in [0.2, 0.25) is 5.91 Å². The van der Waals surface area contributed by atoms with Crippen molar-refractivity contribution < 1.29 is 4.79 Å². The van der Waals surface area contributed by atoms with E-state index in [1.807, 2.05) is 11.8 Å². The number of carbonyl (C=O) groups is 1. The minimum Gasteiger partial charge on any atom is -0.340 e. The van der Waals surface area contributed by atoms with Crippen molar-refractivity contribution >= 4 is 17.2 Å². The summed E-state index contributed by atoms with van der Waals surface area (Å²) in [5, 5.41) is 14.0. The summed E-state index contributed by atoms with van der Waals surface area (Å²) in [6.45, 7) is 3.33. The van der Waals surface area contributed by atoms with Crippen molar-refractivity contribution in [2.75, 3.05) is 13.1 Å². The summed E-state index contributed by atoms with van der Waals surface area (Å²) >= 11 is 1.57. The number of thiazole rings is 1. The summed E-state index contributed by atoms with van der Waals surface area (Å²) in [4.78, 5) is 19.3. The van der Waals surface area contributed by atoms with Gasteiger partial charge < -0.3 is 4.90 Å². The van der Waals surface area contributed by atoms with E-state index in [1.54, 1.807) is 34.6 Å². The SMILES string of the molecule is Cc1ncc(CC(=O)N2CCC(n3cc(C#N)cn3)C2)s1. The number of carbonyl (C=O) groups excluding carboxylic acids is 1. The molecule has 7 heteroatoms. The standard InChI is InChI=1S/C14H15N5OS/c1-10-16-7-13(21-10)4-14(20)18-3-2-12(9-18)19-8-11(5-15)6-17-19/h6-8,12H,2-4,9H2,1H3. The van der Waals surface area contributed by atoms with Crippen LogP contribution in [0.25, 0.3) is 0 Å². The Morgan fingerprint density at radius 2 is 2.43 bits per heavy atom. The summed E-state index contributed by atoms with van der Waals surface area (Å²) < 4.78 is 1.79. The molecule has 0 saturated carbocycles. The molecule has 2 aromatic heterocycles. The zero-order valence-electron chi connectivity index (χ0n) is 11.7. The maximum atomic E-state index is 12.3. The average Bonchev–Trinajstić information content (AvgIpc) is 3.17. The fourth-order valence-corrected chi connectivity index (χ4v) is 3.31. The minimum atomic E-state index is 0.133. The smallest absolute Gasteiger partial charge is 0.227 e.